The summed E-state index contributed by atoms with van der Waals surface area (Å²) in [6.45, 7) is 6.16. The third-order valence-corrected chi connectivity index (χ3v) is 4.73. The van der Waals surface area contributed by atoms with Gasteiger partial charge in [-0.1, -0.05) is 6.58 Å². The minimum Gasteiger partial charge on any atom is -0.345 e. The lowest BCUT2D eigenvalue weighted by Crippen LogP contribution is -2.34. The van der Waals surface area contributed by atoms with Gasteiger partial charge >= 0.3 is 6.18 Å². The Hall–Kier alpha value is -2.83. The van der Waals surface area contributed by atoms with E-state index in [1.807, 2.05) is 6.92 Å². The van der Waals surface area contributed by atoms with Crippen molar-refractivity contribution in [2.45, 2.75) is 26.3 Å². The summed E-state index contributed by atoms with van der Waals surface area (Å²) >= 11 is 0. The van der Waals surface area contributed by atoms with Crippen molar-refractivity contribution in [2.24, 2.45) is 4.36 Å². The summed E-state index contributed by atoms with van der Waals surface area (Å²) in [6, 6.07) is 3.43. The number of aryl methyl sites for hydroxylation is 1. The normalized spacial score (nSPS) is 13.9. The molecule has 1 aromatic carbocycles. The molecular formula is C22H26F4N4O3S. The molecule has 186 valence electrons. The molecule has 2 rings (SSSR count). The lowest BCUT2D eigenvalue weighted by molar-refractivity contribution is -0.305. The smallest absolute Gasteiger partial charge is 0.345 e. The number of rotatable bonds is 10. The fourth-order valence-electron chi connectivity index (χ4n) is 2.82. The number of ether oxygens (including phenoxy) is 2. The van der Waals surface area contributed by atoms with Crippen LogP contribution in [0.4, 0.5) is 29.1 Å². The summed E-state index contributed by atoms with van der Waals surface area (Å²) in [6.07, 6.45) is 0.412. The first-order valence-corrected chi connectivity index (χ1v) is 12.4. The van der Waals surface area contributed by atoms with Gasteiger partial charge in [0.05, 0.1) is 17.8 Å². The number of anilines is 1. The Labute approximate surface area is 195 Å². The standard InChI is InChI=1S/C22H26F4N4O3S/c1-6-32-21(22(24,25)26)33-10-9-16(23)8-7-15(3)29-20-19-14(2)11-17(30-34(4,5)31)12-18(19)27-13-28-20/h7-9,11-13,21H,3,6,10H2,1-2,4-5H3,(H,27,28,29)/b8-7-,16-9+. The summed E-state index contributed by atoms with van der Waals surface area (Å²) in [7, 11) is -2.35. The van der Waals surface area contributed by atoms with Gasteiger partial charge in [-0.05, 0) is 49.8 Å². The van der Waals surface area contributed by atoms with Crippen LogP contribution < -0.4 is 5.32 Å². The largest absolute Gasteiger partial charge is 0.440 e. The predicted octanol–water partition coefficient (Wildman–Crippen LogP) is 5.57. The van der Waals surface area contributed by atoms with Gasteiger partial charge in [0, 0.05) is 39.9 Å². The molecule has 0 saturated carbocycles. The van der Waals surface area contributed by atoms with E-state index in [1.54, 1.807) is 12.1 Å². The SMILES string of the molecule is C=C(/C=C\C(F)=C/COC(OCC)C(F)(F)F)Nc1ncnc2cc(N=S(C)(C)=O)cc(C)c12. The predicted molar refractivity (Wildman–Crippen MR) is 125 cm³/mol. The van der Waals surface area contributed by atoms with Gasteiger partial charge in [0.15, 0.2) is 0 Å². The van der Waals surface area contributed by atoms with Gasteiger partial charge in [-0.2, -0.15) is 17.5 Å². The summed E-state index contributed by atoms with van der Waals surface area (Å²) < 4.78 is 77.2. The number of nitrogens with zero attached hydrogens (tertiary/aromatic N) is 3. The maximum atomic E-state index is 14.0. The van der Waals surface area contributed by atoms with Crippen molar-refractivity contribution in [2.75, 3.05) is 31.0 Å². The number of benzene rings is 1. The van der Waals surface area contributed by atoms with E-state index in [1.165, 1.54) is 31.8 Å². The molecule has 1 aromatic heterocycles. The van der Waals surface area contributed by atoms with E-state index >= 15 is 0 Å². The highest BCUT2D eigenvalue weighted by Crippen LogP contribution is 2.29. The zero-order valence-corrected chi connectivity index (χ0v) is 20.0. The van der Waals surface area contributed by atoms with Gasteiger partial charge in [0.2, 0.25) is 0 Å². The van der Waals surface area contributed by atoms with Gasteiger partial charge in [0.25, 0.3) is 6.29 Å². The topological polar surface area (TPSA) is 85.7 Å². The van der Waals surface area contributed by atoms with Crippen molar-refractivity contribution >= 4 is 32.1 Å². The summed E-state index contributed by atoms with van der Waals surface area (Å²) in [4.78, 5) is 8.42. The number of halogens is 4. The average Bonchev–Trinajstić information content (AvgIpc) is 2.69. The van der Waals surface area contributed by atoms with Crippen LogP contribution in [0.15, 0.2) is 59.2 Å². The summed E-state index contributed by atoms with van der Waals surface area (Å²) in [5.74, 6) is -0.409. The molecule has 1 atom stereocenters. The summed E-state index contributed by atoms with van der Waals surface area (Å²) in [5.41, 5.74) is 2.13. The first kappa shape index (κ1) is 27.4. The molecule has 0 radical (unpaired) electrons. The van der Waals surface area contributed by atoms with Crippen LogP contribution in [0.5, 0.6) is 0 Å². The lowest BCUT2D eigenvalue weighted by Gasteiger charge is -2.19. The summed E-state index contributed by atoms with van der Waals surface area (Å²) in [5, 5.41) is 3.62. The second kappa shape index (κ2) is 11.5. The van der Waals surface area contributed by atoms with Crippen LogP contribution in [0.25, 0.3) is 10.9 Å². The Morgan fingerprint density at radius 2 is 1.97 bits per heavy atom. The molecule has 0 bridgehead atoms. The monoisotopic (exact) mass is 502 g/mol. The number of fused-ring (bicyclic) bond motifs is 1. The van der Waals surface area contributed by atoms with E-state index < -0.39 is 34.6 Å². The molecule has 0 aliphatic carbocycles. The maximum absolute atomic E-state index is 14.0. The molecule has 2 aromatic rings. The maximum Gasteiger partial charge on any atom is 0.440 e. The molecular weight excluding hydrogens is 476 g/mol. The molecule has 1 heterocycles. The van der Waals surface area contributed by atoms with E-state index in [2.05, 4.69) is 35.7 Å². The number of aromatic nitrogens is 2. The molecule has 1 N–H and O–H groups in total. The molecule has 7 nitrogen and oxygen atoms in total. The third-order valence-electron chi connectivity index (χ3n) is 4.08. The van der Waals surface area contributed by atoms with Crippen molar-refractivity contribution < 1.29 is 31.2 Å². The molecule has 0 saturated heterocycles. The molecule has 1 unspecified atom stereocenters. The zero-order valence-electron chi connectivity index (χ0n) is 19.1. The molecule has 0 spiro atoms. The second-order valence-corrected chi connectivity index (χ2v) is 9.93. The highest BCUT2D eigenvalue weighted by molar-refractivity contribution is 7.92. The molecule has 0 aliphatic rings. The number of hydrogen-bond donors (Lipinski definition) is 1. The van der Waals surface area contributed by atoms with Crippen molar-refractivity contribution in [3.63, 3.8) is 0 Å². The molecule has 34 heavy (non-hydrogen) atoms. The zero-order chi connectivity index (χ0) is 25.5. The first-order chi connectivity index (χ1) is 15.8. The fourth-order valence-corrected chi connectivity index (χ4v) is 3.43. The van der Waals surface area contributed by atoms with E-state index in [9.17, 15) is 21.8 Å². The van der Waals surface area contributed by atoms with Crippen molar-refractivity contribution in [3.05, 3.63) is 60.4 Å². The Balaban J connectivity index is 2.11. The molecule has 0 aliphatic heterocycles. The molecule has 12 heteroatoms. The average molecular weight is 503 g/mol. The van der Waals surface area contributed by atoms with E-state index in [-0.39, 0.29) is 12.3 Å². The Morgan fingerprint density at radius 1 is 1.26 bits per heavy atom. The van der Waals surface area contributed by atoms with Gasteiger partial charge < -0.3 is 14.8 Å². The van der Waals surface area contributed by atoms with Crippen LogP contribution in [-0.2, 0) is 19.2 Å². The fraction of sp³-hybridized carbons (Fsp3) is 0.364. The number of alkyl halides is 3. The third kappa shape index (κ3) is 8.50. The molecule has 0 amide bonds. The first-order valence-electron chi connectivity index (χ1n) is 10.0. The van der Waals surface area contributed by atoms with E-state index in [4.69, 9.17) is 0 Å². The minimum absolute atomic E-state index is 0.202. The van der Waals surface area contributed by atoms with Crippen LogP contribution in [-0.4, -0.2) is 52.4 Å². The van der Waals surface area contributed by atoms with Crippen LogP contribution in [0.3, 0.4) is 0 Å². The highest BCUT2D eigenvalue weighted by Gasteiger charge is 2.41. The van der Waals surface area contributed by atoms with Gasteiger partial charge in [-0.25, -0.2) is 18.6 Å². The number of allylic oxidation sites excluding steroid dienone is 3. The van der Waals surface area contributed by atoms with Crippen LogP contribution in [0, 0.1) is 6.92 Å². The Kier molecular flexibility index (Phi) is 9.30. The Morgan fingerprint density at radius 3 is 2.59 bits per heavy atom. The Bertz CT molecular complexity index is 1210. The van der Waals surface area contributed by atoms with Gasteiger partial charge in [-0.15, -0.1) is 0 Å². The molecule has 0 fully saturated rings. The van der Waals surface area contributed by atoms with Crippen LogP contribution >= 0.6 is 0 Å². The van der Waals surface area contributed by atoms with Crippen LogP contribution in [0.1, 0.15) is 12.5 Å². The highest BCUT2D eigenvalue weighted by atomic mass is 32.2. The lowest BCUT2D eigenvalue weighted by atomic mass is 10.1. The number of nitrogens with one attached hydrogen (secondary N) is 1. The van der Waals surface area contributed by atoms with Crippen molar-refractivity contribution in [3.8, 4) is 0 Å². The van der Waals surface area contributed by atoms with E-state index in [0.29, 0.717) is 22.4 Å². The van der Waals surface area contributed by atoms with Crippen molar-refractivity contribution in [1.29, 1.82) is 0 Å². The van der Waals surface area contributed by atoms with Crippen LogP contribution in [0.2, 0.25) is 0 Å². The van der Waals surface area contributed by atoms with E-state index in [0.717, 1.165) is 17.7 Å². The minimum atomic E-state index is -4.71. The number of hydrogen-bond acceptors (Lipinski definition) is 7. The quantitative estimate of drug-likeness (QED) is 0.260. The van der Waals surface area contributed by atoms with Crippen molar-refractivity contribution in [1.82, 2.24) is 9.97 Å². The van der Waals surface area contributed by atoms with Gasteiger partial charge in [-0.3, -0.25) is 0 Å². The second-order valence-electron chi connectivity index (χ2n) is 7.39. The van der Waals surface area contributed by atoms with Gasteiger partial charge in [0.1, 0.15) is 18.0 Å².